The quantitative estimate of drug-likeness (QED) is 0.907. The van der Waals surface area contributed by atoms with Gasteiger partial charge in [0.2, 0.25) is 0 Å². The number of ether oxygens (including phenoxy) is 1. The zero-order valence-electron chi connectivity index (χ0n) is 11.2. The van der Waals surface area contributed by atoms with Crippen molar-refractivity contribution < 1.29 is 28.2 Å². The first-order chi connectivity index (χ1) is 10.5. The fourth-order valence-corrected chi connectivity index (χ4v) is 1.74. The molecule has 0 bridgehead atoms. The molecule has 22 heavy (non-hydrogen) atoms. The van der Waals surface area contributed by atoms with E-state index < -0.39 is 34.9 Å². The number of carbonyl (C=O) groups is 2. The van der Waals surface area contributed by atoms with Crippen molar-refractivity contribution in [2.75, 3.05) is 5.32 Å². The molecule has 0 spiro atoms. The second-order valence-corrected chi connectivity index (χ2v) is 4.27. The molecule has 2 aromatic carbocycles. The fourth-order valence-electron chi connectivity index (χ4n) is 1.74. The Hall–Kier alpha value is -2.96. The van der Waals surface area contributed by atoms with Crippen LogP contribution in [0.25, 0.3) is 0 Å². The Kier molecular flexibility index (Phi) is 4.67. The van der Waals surface area contributed by atoms with Crippen LogP contribution >= 0.6 is 0 Å². The second kappa shape index (κ2) is 6.66. The molecule has 0 atom stereocenters. The zero-order chi connectivity index (χ0) is 16.1. The number of carboxylic acid groups (broad SMARTS) is 1. The minimum Gasteiger partial charge on any atom is -0.478 e. The molecular weight excluding hydrogens is 296 g/mol. The molecule has 0 aliphatic rings. The van der Waals surface area contributed by atoms with E-state index in [-0.39, 0.29) is 6.61 Å². The van der Waals surface area contributed by atoms with Crippen LogP contribution < -0.4 is 5.32 Å². The van der Waals surface area contributed by atoms with E-state index in [1.807, 2.05) is 5.32 Å². The highest BCUT2D eigenvalue weighted by Gasteiger charge is 2.22. The van der Waals surface area contributed by atoms with Crippen LogP contribution in [0, 0.1) is 11.6 Å². The van der Waals surface area contributed by atoms with E-state index in [4.69, 9.17) is 9.84 Å². The van der Waals surface area contributed by atoms with Crippen molar-refractivity contribution in [1.29, 1.82) is 0 Å². The topological polar surface area (TPSA) is 75.6 Å². The molecular formula is C15H11F2NO4. The summed E-state index contributed by atoms with van der Waals surface area (Å²) < 4.78 is 31.9. The van der Waals surface area contributed by atoms with Crippen LogP contribution in [-0.4, -0.2) is 17.2 Å². The lowest BCUT2D eigenvalue weighted by Crippen LogP contribution is -2.18. The Morgan fingerprint density at radius 3 is 2.32 bits per heavy atom. The van der Waals surface area contributed by atoms with E-state index in [2.05, 4.69) is 0 Å². The lowest BCUT2D eigenvalue weighted by atomic mass is 10.1. The molecule has 0 aromatic heterocycles. The van der Waals surface area contributed by atoms with Crippen molar-refractivity contribution in [2.45, 2.75) is 6.61 Å². The van der Waals surface area contributed by atoms with E-state index in [1.54, 1.807) is 30.3 Å². The van der Waals surface area contributed by atoms with Crippen molar-refractivity contribution in [2.24, 2.45) is 0 Å². The third kappa shape index (κ3) is 3.57. The number of rotatable bonds is 4. The summed E-state index contributed by atoms with van der Waals surface area (Å²) in [7, 11) is 0. The number of hydrogen-bond donors (Lipinski definition) is 2. The van der Waals surface area contributed by atoms with Crippen LogP contribution in [0.15, 0.2) is 42.5 Å². The Balaban J connectivity index is 2.12. The monoisotopic (exact) mass is 307 g/mol. The molecule has 0 saturated heterocycles. The number of nitrogens with one attached hydrogen (secondary N) is 1. The van der Waals surface area contributed by atoms with Gasteiger partial charge in [-0.05, 0) is 17.7 Å². The molecule has 0 aliphatic heterocycles. The predicted molar refractivity (Wildman–Crippen MR) is 73.6 cm³/mol. The number of carboxylic acids is 1. The molecule has 0 fully saturated rings. The van der Waals surface area contributed by atoms with Gasteiger partial charge in [0, 0.05) is 0 Å². The Bertz CT molecular complexity index is 704. The molecule has 0 saturated carbocycles. The zero-order valence-corrected chi connectivity index (χ0v) is 11.2. The number of benzene rings is 2. The summed E-state index contributed by atoms with van der Waals surface area (Å²) in [5.74, 6) is -3.93. The lowest BCUT2D eigenvalue weighted by Gasteiger charge is -2.11. The standard InChI is InChI=1S/C15H11F2NO4/c16-10-6-7-11(17)13(12(10)14(19)20)18-15(21)22-8-9-4-2-1-3-5-9/h1-7H,8H2,(H,18,21)(H,19,20). The Morgan fingerprint density at radius 1 is 1.05 bits per heavy atom. The summed E-state index contributed by atoms with van der Waals surface area (Å²) in [6.45, 7) is -0.0913. The average Bonchev–Trinajstić information content (AvgIpc) is 2.49. The number of amides is 1. The van der Waals surface area contributed by atoms with Gasteiger partial charge in [0.15, 0.2) is 0 Å². The summed E-state index contributed by atoms with van der Waals surface area (Å²) in [6.07, 6.45) is -1.09. The largest absolute Gasteiger partial charge is 0.478 e. The molecule has 0 radical (unpaired) electrons. The van der Waals surface area contributed by atoms with E-state index in [1.165, 1.54) is 0 Å². The van der Waals surface area contributed by atoms with Crippen LogP contribution in [0.4, 0.5) is 19.3 Å². The minimum atomic E-state index is -1.70. The summed E-state index contributed by atoms with van der Waals surface area (Å²) in [6, 6.07) is 10.1. The van der Waals surface area contributed by atoms with Gasteiger partial charge in [-0.15, -0.1) is 0 Å². The molecule has 5 nitrogen and oxygen atoms in total. The highest BCUT2D eigenvalue weighted by molar-refractivity contribution is 5.99. The van der Waals surface area contributed by atoms with Gasteiger partial charge in [-0.25, -0.2) is 18.4 Å². The molecule has 0 heterocycles. The Morgan fingerprint density at radius 2 is 1.68 bits per heavy atom. The number of aromatic carboxylic acids is 1. The Labute approximate surface area is 124 Å². The van der Waals surface area contributed by atoms with Crippen LogP contribution in [0.1, 0.15) is 15.9 Å². The summed E-state index contributed by atoms with van der Waals surface area (Å²) in [5, 5.41) is 10.8. The molecule has 2 rings (SSSR count). The molecule has 0 aliphatic carbocycles. The van der Waals surface area contributed by atoms with Crippen molar-refractivity contribution in [1.82, 2.24) is 0 Å². The van der Waals surface area contributed by atoms with Gasteiger partial charge < -0.3 is 9.84 Å². The van der Waals surface area contributed by atoms with Crippen molar-refractivity contribution in [3.63, 3.8) is 0 Å². The van der Waals surface area contributed by atoms with Crippen molar-refractivity contribution in [3.8, 4) is 0 Å². The average molecular weight is 307 g/mol. The third-order valence-electron chi connectivity index (χ3n) is 2.76. The molecule has 2 N–H and O–H groups in total. The molecule has 0 unspecified atom stereocenters. The fraction of sp³-hybridized carbons (Fsp3) is 0.0667. The van der Waals surface area contributed by atoms with Gasteiger partial charge in [0.25, 0.3) is 0 Å². The van der Waals surface area contributed by atoms with Crippen LogP contribution in [0.2, 0.25) is 0 Å². The molecule has 7 heteroatoms. The van der Waals surface area contributed by atoms with Gasteiger partial charge in [-0.3, -0.25) is 5.32 Å². The van der Waals surface area contributed by atoms with Crippen LogP contribution in [-0.2, 0) is 11.3 Å². The SMILES string of the molecule is O=C(Nc1c(F)ccc(F)c1C(=O)O)OCc1ccccc1. The smallest absolute Gasteiger partial charge is 0.412 e. The van der Waals surface area contributed by atoms with Crippen molar-refractivity contribution >= 4 is 17.7 Å². The van der Waals surface area contributed by atoms with Gasteiger partial charge in [0.1, 0.15) is 23.8 Å². The number of hydrogen-bond acceptors (Lipinski definition) is 3. The maximum Gasteiger partial charge on any atom is 0.412 e. The number of carbonyl (C=O) groups excluding carboxylic acids is 1. The van der Waals surface area contributed by atoms with Crippen molar-refractivity contribution in [3.05, 3.63) is 65.2 Å². The van der Waals surface area contributed by atoms with E-state index in [0.717, 1.165) is 0 Å². The molecule has 2 aromatic rings. The summed E-state index contributed by atoms with van der Waals surface area (Å²) in [5.41, 5.74) is -1.04. The third-order valence-corrected chi connectivity index (χ3v) is 2.76. The molecule has 1 amide bonds. The van der Waals surface area contributed by atoms with Gasteiger partial charge in [-0.2, -0.15) is 0 Å². The first-order valence-corrected chi connectivity index (χ1v) is 6.18. The van der Waals surface area contributed by atoms with Gasteiger partial charge in [0.05, 0.1) is 5.69 Å². The number of anilines is 1. The van der Waals surface area contributed by atoms with Gasteiger partial charge >= 0.3 is 12.1 Å². The summed E-state index contributed by atoms with van der Waals surface area (Å²) in [4.78, 5) is 22.6. The normalized spacial score (nSPS) is 10.1. The maximum absolute atomic E-state index is 13.6. The van der Waals surface area contributed by atoms with E-state index in [9.17, 15) is 18.4 Å². The minimum absolute atomic E-state index is 0.0913. The first kappa shape index (κ1) is 15.4. The van der Waals surface area contributed by atoms with Crippen LogP contribution in [0.3, 0.4) is 0 Å². The van der Waals surface area contributed by atoms with Crippen LogP contribution in [0.5, 0.6) is 0 Å². The highest BCUT2D eigenvalue weighted by Crippen LogP contribution is 2.23. The van der Waals surface area contributed by atoms with Gasteiger partial charge in [-0.1, -0.05) is 30.3 Å². The summed E-state index contributed by atoms with van der Waals surface area (Å²) >= 11 is 0. The maximum atomic E-state index is 13.6. The first-order valence-electron chi connectivity index (χ1n) is 6.18. The predicted octanol–water partition coefficient (Wildman–Crippen LogP) is 3.41. The van der Waals surface area contributed by atoms with E-state index in [0.29, 0.717) is 17.7 Å². The molecule has 114 valence electrons. The number of halogens is 2. The lowest BCUT2D eigenvalue weighted by molar-refractivity contribution is 0.0692. The second-order valence-electron chi connectivity index (χ2n) is 4.27. The van der Waals surface area contributed by atoms with E-state index >= 15 is 0 Å². The highest BCUT2D eigenvalue weighted by atomic mass is 19.1.